The zero-order chi connectivity index (χ0) is 16.3. The molecule has 0 saturated heterocycles. The molecule has 0 unspecified atom stereocenters. The van der Waals surface area contributed by atoms with Gasteiger partial charge in [-0.1, -0.05) is 25.4 Å². The van der Waals surface area contributed by atoms with E-state index in [1.807, 2.05) is 25.1 Å². The maximum atomic E-state index is 11.4. The van der Waals surface area contributed by atoms with Crippen LogP contribution in [0.4, 0.5) is 0 Å². The molecule has 0 N–H and O–H groups in total. The fourth-order valence-corrected chi connectivity index (χ4v) is 2.27. The number of hydrogen-bond donors (Lipinski definition) is 0. The monoisotopic (exact) mass is 320 g/mol. The van der Waals surface area contributed by atoms with Crippen molar-refractivity contribution in [3.63, 3.8) is 0 Å². The second-order valence-corrected chi connectivity index (χ2v) is 6.28. The van der Waals surface area contributed by atoms with Gasteiger partial charge in [-0.25, -0.2) is 0 Å². The van der Waals surface area contributed by atoms with Crippen LogP contribution in [0.5, 0.6) is 5.75 Å². The molecule has 0 aliphatic rings. The second-order valence-electron chi connectivity index (χ2n) is 5.84. The molecular weight excluding hydrogens is 300 g/mol. The molecule has 0 radical (unpaired) electrons. The summed E-state index contributed by atoms with van der Waals surface area (Å²) in [6.45, 7) is 8.82. The third-order valence-electron chi connectivity index (χ3n) is 3.26. The maximum absolute atomic E-state index is 11.4. The number of Topliss-reactive ketones (excluding diaryl/α,β-unsaturated/α-hetero) is 1. The van der Waals surface area contributed by atoms with Crippen molar-refractivity contribution in [3.8, 4) is 5.75 Å². The van der Waals surface area contributed by atoms with Crippen LogP contribution in [0.1, 0.15) is 42.5 Å². The van der Waals surface area contributed by atoms with Crippen LogP contribution < -0.4 is 4.74 Å². The summed E-state index contributed by atoms with van der Waals surface area (Å²) >= 11 is 6.10. The first-order valence-corrected chi connectivity index (χ1v) is 7.71. The number of nitrogens with zero attached hydrogens (tertiary/aromatic N) is 2. The molecule has 0 aliphatic heterocycles. The summed E-state index contributed by atoms with van der Waals surface area (Å²) in [6.07, 6.45) is 0. The number of ether oxygens (including phenoxy) is 1. The Morgan fingerprint density at radius 3 is 2.68 bits per heavy atom. The highest BCUT2D eigenvalue weighted by Gasteiger charge is 2.12. The summed E-state index contributed by atoms with van der Waals surface area (Å²) in [4.78, 5) is 11.4. The van der Waals surface area contributed by atoms with Crippen LogP contribution in [-0.4, -0.2) is 22.2 Å². The van der Waals surface area contributed by atoms with Gasteiger partial charge < -0.3 is 4.74 Å². The highest BCUT2D eigenvalue weighted by molar-refractivity contribution is 6.30. The van der Waals surface area contributed by atoms with E-state index in [4.69, 9.17) is 16.3 Å². The van der Waals surface area contributed by atoms with Gasteiger partial charge >= 0.3 is 0 Å². The minimum absolute atomic E-state index is 0.0378. The summed E-state index contributed by atoms with van der Waals surface area (Å²) in [7, 11) is 0. The van der Waals surface area contributed by atoms with Gasteiger partial charge in [0.25, 0.3) is 0 Å². The Morgan fingerprint density at radius 2 is 2.09 bits per heavy atom. The number of aryl methyl sites for hydroxylation is 1. The van der Waals surface area contributed by atoms with E-state index in [1.165, 1.54) is 6.92 Å². The second kappa shape index (κ2) is 6.97. The summed E-state index contributed by atoms with van der Waals surface area (Å²) in [6, 6.07) is 7.37. The van der Waals surface area contributed by atoms with E-state index in [0.717, 1.165) is 17.0 Å². The molecule has 0 aliphatic carbocycles. The van der Waals surface area contributed by atoms with Crippen molar-refractivity contribution >= 4 is 17.4 Å². The van der Waals surface area contributed by atoms with Gasteiger partial charge in [0.1, 0.15) is 11.4 Å². The maximum Gasteiger partial charge on any atom is 0.179 e. The number of rotatable bonds is 6. The van der Waals surface area contributed by atoms with E-state index < -0.39 is 0 Å². The SMILES string of the molecule is CC(=O)c1cc(C)n(Cc2cc(Cl)ccc2OCC(C)C)n1. The van der Waals surface area contributed by atoms with Crippen LogP contribution in [0.2, 0.25) is 5.02 Å². The minimum Gasteiger partial charge on any atom is -0.493 e. The van der Waals surface area contributed by atoms with Crippen molar-refractivity contribution in [1.82, 2.24) is 9.78 Å². The molecule has 1 heterocycles. The summed E-state index contributed by atoms with van der Waals surface area (Å²) in [5, 5.41) is 5.00. The number of carbonyl (C=O) groups excluding carboxylic acids is 1. The molecular formula is C17H21ClN2O2. The van der Waals surface area contributed by atoms with Gasteiger partial charge in [-0.15, -0.1) is 0 Å². The largest absolute Gasteiger partial charge is 0.493 e. The number of ketones is 1. The molecule has 2 aromatic rings. The third-order valence-corrected chi connectivity index (χ3v) is 3.49. The molecule has 0 spiro atoms. The van der Waals surface area contributed by atoms with E-state index >= 15 is 0 Å². The van der Waals surface area contributed by atoms with Gasteiger partial charge in [0.2, 0.25) is 0 Å². The van der Waals surface area contributed by atoms with Crippen molar-refractivity contribution < 1.29 is 9.53 Å². The molecule has 0 atom stereocenters. The number of benzene rings is 1. The first-order chi connectivity index (χ1) is 10.4. The molecule has 0 bridgehead atoms. The Labute approximate surface area is 136 Å². The predicted molar refractivity (Wildman–Crippen MR) is 87.9 cm³/mol. The molecule has 1 aromatic heterocycles. The van der Waals surface area contributed by atoms with E-state index in [2.05, 4.69) is 18.9 Å². The minimum atomic E-state index is -0.0378. The molecule has 2 rings (SSSR count). The highest BCUT2D eigenvalue weighted by atomic mass is 35.5. The summed E-state index contributed by atoms with van der Waals surface area (Å²) in [5.74, 6) is 1.21. The zero-order valence-corrected chi connectivity index (χ0v) is 14.1. The van der Waals surface area contributed by atoms with Crippen molar-refractivity contribution in [1.29, 1.82) is 0 Å². The Hall–Kier alpha value is -1.81. The standard InChI is InChI=1S/C17H21ClN2O2/c1-11(2)10-22-17-6-5-15(18)8-14(17)9-20-12(3)7-16(19-20)13(4)21/h5-8,11H,9-10H2,1-4H3. The van der Waals surface area contributed by atoms with Crippen LogP contribution in [-0.2, 0) is 6.54 Å². The van der Waals surface area contributed by atoms with Crippen LogP contribution in [0.25, 0.3) is 0 Å². The van der Waals surface area contributed by atoms with Crippen molar-refractivity contribution in [2.45, 2.75) is 34.2 Å². The molecule has 0 fully saturated rings. The van der Waals surface area contributed by atoms with Crippen molar-refractivity contribution in [2.24, 2.45) is 5.92 Å². The quantitative estimate of drug-likeness (QED) is 0.752. The Morgan fingerprint density at radius 1 is 1.36 bits per heavy atom. The molecule has 5 heteroatoms. The molecule has 22 heavy (non-hydrogen) atoms. The van der Waals surface area contributed by atoms with E-state index in [0.29, 0.717) is 29.8 Å². The highest BCUT2D eigenvalue weighted by Crippen LogP contribution is 2.25. The van der Waals surface area contributed by atoms with Gasteiger partial charge in [-0.3, -0.25) is 9.48 Å². The molecule has 0 saturated carbocycles. The summed E-state index contributed by atoms with van der Waals surface area (Å²) < 4.78 is 7.65. The van der Waals surface area contributed by atoms with Crippen LogP contribution in [0.3, 0.4) is 0 Å². The fraction of sp³-hybridized carbons (Fsp3) is 0.412. The smallest absolute Gasteiger partial charge is 0.179 e. The average Bonchev–Trinajstić information content (AvgIpc) is 2.79. The van der Waals surface area contributed by atoms with Crippen LogP contribution in [0.15, 0.2) is 24.3 Å². The number of aromatic nitrogens is 2. The normalized spacial score (nSPS) is 11.0. The van der Waals surface area contributed by atoms with Crippen molar-refractivity contribution in [3.05, 3.63) is 46.2 Å². The topological polar surface area (TPSA) is 44.1 Å². The van der Waals surface area contributed by atoms with Gasteiger partial charge in [0.05, 0.1) is 13.2 Å². The summed E-state index contributed by atoms with van der Waals surface area (Å²) in [5.41, 5.74) is 2.36. The van der Waals surface area contributed by atoms with Gasteiger partial charge in [0.15, 0.2) is 5.78 Å². The number of hydrogen-bond acceptors (Lipinski definition) is 3. The molecule has 1 aromatic carbocycles. The average molecular weight is 321 g/mol. The molecule has 0 amide bonds. The van der Waals surface area contributed by atoms with Crippen LogP contribution >= 0.6 is 11.6 Å². The van der Waals surface area contributed by atoms with Crippen molar-refractivity contribution in [2.75, 3.05) is 6.61 Å². The first-order valence-electron chi connectivity index (χ1n) is 7.33. The van der Waals surface area contributed by atoms with E-state index in [-0.39, 0.29) is 5.78 Å². The van der Waals surface area contributed by atoms with Gasteiger partial charge in [-0.05, 0) is 37.1 Å². The third kappa shape index (κ3) is 4.10. The lowest BCUT2D eigenvalue weighted by Crippen LogP contribution is -2.10. The molecule has 118 valence electrons. The first kappa shape index (κ1) is 16.6. The Bertz CT molecular complexity index is 677. The van der Waals surface area contributed by atoms with Gasteiger partial charge in [0, 0.05) is 23.2 Å². The predicted octanol–water partition coefficient (Wildman–Crippen LogP) is 4.13. The Kier molecular flexibility index (Phi) is 5.24. The van der Waals surface area contributed by atoms with Crippen LogP contribution in [0, 0.1) is 12.8 Å². The van der Waals surface area contributed by atoms with E-state index in [9.17, 15) is 4.79 Å². The number of halogens is 1. The lowest BCUT2D eigenvalue weighted by Gasteiger charge is -2.14. The van der Waals surface area contributed by atoms with E-state index in [1.54, 1.807) is 10.7 Å². The van der Waals surface area contributed by atoms with Gasteiger partial charge in [-0.2, -0.15) is 5.10 Å². The zero-order valence-electron chi connectivity index (χ0n) is 13.4. The molecule has 4 nitrogen and oxygen atoms in total. The Balaban J connectivity index is 2.28. The fourth-order valence-electron chi connectivity index (χ4n) is 2.07. The lowest BCUT2D eigenvalue weighted by molar-refractivity contribution is 0.101. The lowest BCUT2D eigenvalue weighted by atomic mass is 10.2. The number of carbonyl (C=O) groups is 1.